The lowest BCUT2D eigenvalue weighted by Crippen LogP contribution is -2.44. The van der Waals surface area contributed by atoms with Gasteiger partial charge in [-0.05, 0) is 50.6 Å². The molecule has 1 saturated heterocycles. The van der Waals surface area contributed by atoms with Crippen molar-refractivity contribution in [1.29, 1.82) is 0 Å². The highest BCUT2D eigenvalue weighted by Gasteiger charge is 2.33. The van der Waals surface area contributed by atoms with E-state index < -0.39 is 0 Å². The molecule has 1 aliphatic carbocycles. The highest BCUT2D eigenvalue weighted by atomic mass is 16.1. The zero-order valence-corrected chi connectivity index (χ0v) is 11.2. The molecule has 1 heterocycles. The van der Waals surface area contributed by atoms with Gasteiger partial charge in [0.25, 0.3) is 0 Å². The molecule has 1 amide bonds. The fourth-order valence-corrected chi connectivity index (χ4v) is 3.41. The zero-order valence-electron chi connectivity index (χ0n) is 11.2. The van der Waals surface area contributed by atoms with Gasteiger partial charge in [0.05, 0.1) is 0 Å². The normalized spacial score (nSPS) is 34.8. The maximum absolute atomic E-state index is 12.2. The Balaban J connectivity index is 1.82. The van der Waals surface area contributed by atoms with E-state index in [9.17, 15) is 4.79 Å². The Kier molecular flexibility index (Phi) is 4.43. The molecule has 1 saturated carbocycles. The van der Waals surface area contributed by atoms with Gasteiger partial charge in [0.15, 0.2) is 0 Å². The Labute approximate surface area is 105 Å². The Morgan fingerprint density at radius 3 is 2.53 bits per heavy atom. The zero-order chi connectivity index (χ0) is 12.3. The van der Waals surface area contributed by atoms with Gasteiger partial charge >= 0.3 is 0 Å². The molecule has 0 spiro atoms. The van der Waals surface area contributed by atoms with E-state index in [4.69, 9.17) is 0 Å². The summed E-state index contributed by atoms with van der Waals surface area (Å²) in [4.78, 5) is 12.2. The van der Waals surface area contributed by atoms with Crippen LogP contribution in [0.2, 0.25) is 0 Å². The van der Waals surface area contributed by atoms with Crippen LogP contribution in [0.5, 0.6) is 0 Å². The van der Waals surface area contributed by atoms with Crippen molar-refractivity contribution in [2.75, 3.05) is 13.1 Å². The van der Waals surface area contributed by atoms with Gasteiger partial charge < -0.3 is 10.6 Å². The molecule has 2 N–H and O–H groups in total. The second kappa shape index (κ2) is 5.85. The molecule has 0 aromatic rings. The standard InChI is InChI=1S/C14H26N2O/c1-3-11-4-5-13(10(11)2)16-14(17)12-6-8-15-9-7-12/h10-13,15H,3-9H2,1-2H3,(H,16,17). The summed E-state index contributed by atoms with van der Waals surface area (Å²) in [5, 5.41) is 6.60. The quantitative estimate of drug-likeness (QED) is 0.789. The molecule has 2 fully saturated rings. The third kappa shape index (κ3) is 3.01. The number of carbonyl (C=O) groups is 1. The first-order valence-corrected chi connectivity index (χ1v) is 7.23. The Bertz CT molecular complexity index is 261. The van der Waals surface area contributed by atoms with Crippen molar-refractivity contribution >= 4 is 5.91 Å². The van der Waals surface area contributed by atoms with Crippen LogP contribution in [-0.2, 0) is 4.79 Å². The molecular formula is C14H26N2O. The second-order valence-corrected chi connectivity index (χ2v) is 5.74. The average molecular weight is 238 g/mol. The van der Waals surface area contributed by atoms with Crippen LogP contribution in [0.15, 0.2) is 0 Å². The van der Waals surface area contributed by atoms with Gasteiger partial charge in [-0.25, -0.2) is 0 Å². The van der Waals surface area contributed by atoms with Gasteiger partial charge in [0.2, 0.25) is 5.91 Å². The number of hydrogen-bond acceptors (Lipinski definition) is 2. The maximum atomic E-state index is 12.2. The van der Waals surface area contributed by atoms with Crippen LogP contribution in [0.25, 0.3) is 0 Å². The van der Waals surface area contributed by atoms with Crippen LogP contribution < -0.4 is 10.6 Å². The van der Waals surface area contributed by atoms with Crippen LogP contribution in [0.4, 0.5) is 0 Å². The van der Waals surface area contributed by atoms with E-state index in [2.05, 4.69) is 24.5 Å². The Morgan fingerprint density at radius 2 is 1.94 bits per heavy atom. The lowest BCUT2D eigenvalue weighted by Gasteiger charge is -2.26. The third-order valence-corrected chi connectivity index (χ3v) is 4.79. The van der Waals surface area contributed by atoms with Gasteiger partial charge in [-0.3, -0.25) is 4.79 Å². The van der Waals surface area contributed by atoms with E-state index in [1.54, 1.807) is 0 Å². The van der Waals surface area contributed by atoms with Crippen molar-refractivity contribution in [2.24, 2.45) is 17.8 Å². The van der Waals surface area contributed by atoms with E-state index in [1.807, 2.05) is 0 Å². The summed E-state index contributed by atoms with van der Waals surface area (Å²) in [6.07, 6.45) is 5.72. The average Bonchev–Trinajstić information content (AvgIpc) is 2.71. The predicted molar refractivity (Wildman–Crippen MR) is 69.7 cm³/mol. The number of rotatable bonds is 3. The van der Waals surface area contributed by atoms with Crippen molar-refractivity contribution in [3.8, 4) is 0 Å². The van der Waals surface area contributed by atoms with Crippen LogP contribution in [-0.4, -0.2) is 25.0 Å². The minimum Gasteiger partial charge on any atom is -0.353 e. The third-order valence-electron chi connectivity index (χ3n) is 4.79. The molecule has 1 aliphatic heterocycles. The van der Waals surface area contributed by atoms with Crippen LogP contribution in [0, 0.1) is 17.8 Å². The topological polar surface area (TPSA) is 41.1 Å². The van der Waals surface area contributed by atoms with Gasteiger partial charge in [0.1, 0.15) is 0 Å². The van der Waals surface area contributed by atoms with Crippen LogP contribution >= 0.6 is 0 Å². The molecular weight excluding hydrogens is 212 g/mol. The lowest BCUT2D eigenvalue weighted by molar-refractivity contribution is -0.126. The fourth-order valence-electron chi connectivity index (χ4n) is 3.41. The molecule has 0 aromatic heterocycles. The summed E-state index contributed by atoms with van der Waals surface area (Å²) in [6, 6.07) is 0.433. The first-order valence-electron chi connectivity index (χ1n) is 7.23. The summed E-state index contributed by atoms with van der Waals surface area (Å²) in [5.74, 6) is 2.03. The van der Waals surface area contributed by atoms with E-state index in [1.165, 1.54) is 19.3 Å². The molecule has 17 heavy (non-hydrogen) atoms. The maximum Gasteiger partial charge on any atom is 0.223 e. The highest BCUT2D eigenvalue weighted by Crippen LogP contribution is 2.34. The van der Waals surface area contributed by atoms with Crippen molar-refractivity contribution in [3.05, 3.63) is 0 Å². The predicted octanol–water partition coefficient (Wildman–Crippen LogP) is 1.93. The molecule has 3 nitrogen and oxygen atoms in total. The largest absolute Gasteiger partial charge is 0.353 e. The number of piperidine rings is 1. The highest BCUT2D eigenvalue weighted by molar-refractivity contribution is 5.79. The van der Waals surface area contributed by atoms with Crippen molar-refractivity contribution in [1.82, 2.24) is 10.6 Å². The summed E-state index contributed by atoms with van der Waals surface area (Å²) in [6.45, 7) is 6.55. The molecule has 3 heteroatoms. The number of hydrogen-bond donors (Lipinski definition) is 2. The van der Waals surface area contributed by atoms with E-state index in [0.717, 1.165) is 31.8 Å². The summed E-state index contributed by atoms with van der Waals surface area (Å²) in [7, 11) is 0. The molecule has 0 radical (unpaired) electrons. The first-order chi connectivity index (χ1) is 8.22. The summed E-state index contributed by atoms with van der Waals surface area (Å²) < 4.78 is 0. The minimum absolute atomic E-state index is 0.254. The second-order valence-electron chi connectivity index (χ2n) is 5.74. The molecule has 0 bridgehead atoms. The van der Waals surface area contributed by atoms with Gasteiger partial charge in [-0.1, -0.05) is 20.3 Å². The number of nitrogens with one attached hydrogen (secondary N) is 2. The smallest absolute Gasteiger partial charge is 0.223 e. The molecule has 2 aliphatic rings. The fraction of sp³-hybridized carbons (Fsp3) is 0.929. The summed E-state index contributed by atoms with van der Waals surface area (Å²) in [5.41, 5.74) is 0. The summed E-state index contributed by atoms with van der Waals surface area (Å²) >= 11 is 0. The lowest BCUT2D eigenvalue weighted by atomic mass is 9.92. The van der Waals surface area contributed by atoms with Crippen molar-refractivity contribution in [3.63, 3.8) is 0 Å². The molecule has 3 atom stereocenters. The van der Waals surface area contributed by atoms with Crippen molar-refractivity contribution < 1.29 is 4.79 Å². The molecule has 0 aromatic carbocycles. The van der Waals surface area contributed by atoms with Gasteiger partial charge in [-0.2, -0.15) is 0 Å². The number of amides is 1. The Morgan fingerprint density at radius 1 is 1.24 bits per heavy atom. The molecule has 3 unspecified atom stereocenters. The van der Waals surface area contributed by atoms with E-state index >= 15 is 0 Å². The van der Waals surface area contributed by atoms with Crippen LogP contribution in [0.1, 0.15) is 46.0 Å². The van der Waals surface area contributed by atoms with E-state index in [0.29, 0.717) is 17.9 Å². The van der Waals surface area contributed by atoms with Gasteiger partial charge in [0, 0.05) is 12.0 Å². The Hall–Kier alpha value is -0.570. The van der Waals surface area contributed by atoms with Crippen LogP contribution in [0.3, 0.4) is 0 Å². The molecule has 98 valence electrons. The van der Waals surface area contributed by atoms with E-state index in [-0.39, 0.29) is 5.92 Å². The first kappa shape index (κ1) is 12.9. The SMILES string of the molecule is CCC1CCC(NC(=O)C2CCNCC2)C1C. The monoisotopic (exact) mass is 238 g/mol. The van der Waals surface area contributed by atoms with Crippen molar-refractivity contribution in [2.45, 2.75) is 52.0 Å². The minimum atomic E-state index is 0.254. The number of carbonyl (C=O) groups excluding carboxylic acids is 1. The van der Waals surface area contributed by atoms with Gasteiger partial charge in [-0.15, -0.1) is 0 Å². The molecule has 2 rings (SSSR count).